The Hall–Kier alpha value is -1.10. The summed E-state index contributed by atoms with van der Waals surface area (Å²) in [6.07, 6.45) is 5.18. The molecule has 1 aliphatic carbocycles. The van der Waals surface area contributed by atoms with Gasteiger partial charge in [-0.1, -0.05) is 12.8 Å². The Morgan fingerprint density at radius 2 is 2.00 bits per heavy atom. The number of rotatable bonds is 6. The van der Waals surface area contributed by atoms with E-state index in [1.54, 1.807) is 7.05 Å². The molecule has 1 rings (SSSR count). The second-order valence-electron chi connectivity index (χ2n) is 6.49. The van der Waals surface area contributed by atoms with Crippen LogP contribution in [0.2, 0.25) is 0 Å². The fourth-order valence-corrected chi connectivity index (χ4v) is 2.90. The summed E-state index contributed by atoms with van der Waals surface area (Å²) >= 11 is 0. The molecule has 2 unspecified atom stereocenters. The van der Waals surface area contributed by atoms with Gasteiger partial charge in [0.25, 0.3) is 0 Å². The van der Waals surface area contributed by atoms with Gasteiger partial charge in [-0.15, -0.1) is 0 Å². The van der Waals surface area contributed by atoms with Crippen molar-refractivity contribution in [3.63, 3.8) is 0 Å². The fourth-order valence-electron chi connectivity index (χ4n) is 2.90. The third-order valence-corrected chi connectivity index (χ3v) is 4.27. The van der Waals surface area contributed by atoms with E-state index in [1.807, 2.05) is 13.8 Å². The molecule has 4 N–H and O–H groups in total. The van der Waals surface area contributed by atoms with Crippen LogP contribution in [0.5, 0.6) is 0 Å². The molecule has 5 nitrogen and oxygen atoms in total. The van der Waals surface area contributed by atoms with Gasteiger partial charge in [0.15, 0.2) is 0 Å². The maximum absolute atomic E-state index is 12.2. The minimum atomic E-state index is -0.574. The number of nitrogens with one attached hydrogen (secondary N) is 2. The molecule has 0 aromatic heterocycles. The molecular formula is C15H29N3O2. The lowest BCUT2D eigenvalue weighted by atomic mass is 9.79. The zero-order valence-electron chi connectivity index (χ0n) is 13.0. The Kier molecular flexibility index (Phi) is 6.46. The highest BCUT2D eigenvalue weighted by Gasteiger charge is 2.30. The highest BCUT2D eigenvalue weighted by Crippen LogP contribution is 2.31. The molecule has 0 radical (unpaired) electrons. The summed E-state index contributed by atoms with van der Waals surface area (Å²) in [6, 6.07) is 0. The highest BCUT2D eigenvalue weighted by atomic mass is 16.2. The van der Waals surface area contributed by atoms with Crippen LogP contribution in [0, 0.1) is 17.3 Å². The van der Waals surface area contributed by atoms with Gasteiger partial charge in [-0.2, -0.15) is 0 Å². The third-order valence-electron chi connectivity index (χ3n) is 4.27. The van der Waals surface area contributed by atoms with E-state index in [0.29, 0.717) is 19.0 Å². The molecule has 0 aromatic carbocycles. The van der Waals surface area contributed by atoms with Crippen molar-refractivity contribution in [2.45, 2.75) is 46.0 Å². The predicted octanol–water partition coefficient (Wildman–Crippen LogP) is 1.03. The van der Waals surface area contributed by atoms with E-state index in [1.165, 1.54) is 6.42 Å². The Morgan fingerprint density at radius 3 is 2.60 bits per heavy atom. The number of carbonyl (C=O) groups excluding carboxylic acids is 2. The molecule has 5 heteroatoms. The van der Waals surface area contributed by atoms with Gasteiger partial charge in [-0.3, -0.25) is 9.59 Å². The lowest BCUT2D eigenvalue weighted by Gasteiger charge is -2.29. The van der Waals surface area contributed by atoms with Crippen molar-refractivity contribution < 1.29 is 9.59 Å². The second-order valence-corrected chi connectivity index (χ2v) is 6.49. The summed E-state index contributed by atoms with van der Waals surface area (Å²) in [4.78, 5) is 23.9. The average Bonchev–Trinajstić information content (AvgIpc) is 2.44. The van der Waals surface area contributed by atoms with Crippen molar-refractivity contribution in [2.24, 2.45) is 23.0 Å². The molecule has 0 saturated heterocycles. The zero-order valence-corrected chi connectivity index (χ0v) is 13.0. The molecular weight excluding hydrogens is 254 g/mol. The maximum Gasteiger partial charge on any atom is 0.227 e. The molecule has 0 heterocycles. The van der Waals surface area contributed by atoms with Gasteiger partial charge in [0, 0.05) is 19.5 Å². The van der Waals surface area contributed by atoms with Crippen molar-refractivity contribution in [1.29, 1.82) is 0 Å². The largest absolute Gasteiger partial charge is 0.359 e. The number of hydrogen-bond acceptors (Lipinski definition) is 3. The number of hydrogen-bond donors (Lipinski definition) is 3. The predicted molar refractivity (Wildman–Crippen MR) is 80.0 cm³/mol. The standard InChI is InChI=1S/C15H29N3O2/c1-15(2,14(20)17-3)10-18-13(19)12-6-4-5-11(9-12)7-8-16/h11-12H,4-10,16H2,1-3H3,(H,17,20)(H,18,19). The Morgan fingerprint density at radius 1 is 1.30 bits per heavy atom. The first-order chi connectivity index (χ1) is 9.40. The molecule has 1 saturated carbocycles. The van der Waals surface area contributed by atoms with Gasteiger partial charge in [0.1, 0.15) is 0 Å². The summed E-state index contributed by atoms with van der Waals surface area (Å²) < 4.78 is 0. The lowest BCUT2D eigenvalue weighted by molar-refractivity contribution is -0.130. The van der Waals surface area contributed by atoms with Gasteiger partial charge in [-0.25, -0.2) is 0 Å². The zero-order chi connectivity index (χ0) is 15.2. The van der Waals surface area contributed by atoms with Crippen molar-refractivity contribution in [2.75, 3.05) is 20.1 Å². The molecule has 1 aliphatic rings. The molecule has 0 spiro atoms. The van der Waals surface area contributed by atoms with E-state index in [2.05, 4.69) is 10.6 Å². The number of nitrogens with two attached hydrogens (primary N) is 1. The van der Waals surface area contributed by atoms with Crippen LogP contribution in [-0.2, 0) is 9.59 Å². The first kappa shape index (κ1) is 17.0. The van der Waals surface area contributed by atoms with Crippen LogP contribution in [0.3, 0.4) is 0 Å². The van der Waals surface area contributed by atoms with Crippen LogP contribution in [0.15, 0.2) is 0 Å². The summed E-state index contributed by atoms with van der Waals surface area (Å²) in [6.45, 7) is 4.75. The van der Waals surface area contributed by atoms with E-state index in [0.717, 1.165) is 25.7 Å². The van der Waals surface area contributed by atoms with Gasteiger partial charge in [-0.05, 0) is 45.6 Å². The molecule has 2 amide bonds. The Labute approximate surface area is 122 Å². The summed E-state index contributed by atoms with van der Waals surface area (Å²) in [5.74, 6) is 0.698. The Balaban J connectivity index is 2.44. The first-order valence-electron chi connectivity index (χ1n) is 7.60. The Bertz CT molecular complexity index is 340. The molecule has 116 valence electrons. The second kappa shape index (κ2) is 7.62. The van der Waals surface area contributed by atoms with E-state index >= 15 is 0 Å². The number of carbonyl (C=O) groups is 2. The highest BCUT2D eigenvalue weighted by molar-refractivity contribution is 5.83. The van der Waals surface area contributed by atoms with Crippen molar-refractivity contribution in [1.82, 2.24) is 10.6 Å². The van der Waals surface area contributed by atoms with Crippen LogP contribution in [0.25, 0.3) is 0 Å². The SMILES string of the molecule is CNC(=O)C(C)(C)CNC(=O)C1CCCC(CCN)C1. The fraction of sp³-hybridized carbons (Fsp3) is 0.867. The number of amides is 2. The monoisotopic (exact) mass is 283 g/mol. The van der Waals surface area contributed by atoms with Crippen LogP contribution < -0.4 is 16.4 Å². The lowest BCUT2D eigenvalue weighted by Crippen LogP contribution is -2.45. The minimum Gasteiger partial charge on any atom is -0.359 e. The molecule has 0 aliphatic heterocycles. The first-order valence-corrected chi connectivity index (χ1v) is 7.60. The molecule has 0 aromatic rings. The van der Waals surface area contributed by atoms with Crippen molar-refractivity contribution in [3.8, 4) is 0 Å². The quantitative estimate of drug-likeness (QED) is 0.680. The van der Waals surface area contributed by atoms with E-state index in [-0.39, 0.29) is 17.7 Å². The van der Waals surface area contributed by atoms with Gasteiger partial charge >= 0.3 is 0 Å². The maximum atomic E-state index is 12.2. The average molecular weight is 283 g/mol. The minimum absolute atomic E-state index is 0.0533. The summed E-state index contributed by atoms with van der Waals surface area (Å²) in [5, 5.41) is 5.57. The molecule has 20 heavy (non-hydrogen) atoms. The van der Waals surface area contributed by atoms with Gasteiger partial charge in [0.05, 0.1) is 5.41 Å². The van der Waals surface area contributed by atoms with E-state index in [4.69, 9.17) is 5.73 Å². The van der Waals surface area contributed by atoms with Crippen LogP contribution in [0.4, 0.5) is 0 Å². The smallest absolute Gasteiger partial charge is 0.227 e. The molecule has 2 atom stereocenters. The topological polar surface area (TPSA) is 84.2 Å². The molecule has 0 bridgehead atoms. The van der Waals surface area contributed by atoms with Crippen LogP contribution in [0.1, 0.15) is 46.0 Å². The van der Waals surface area contributed by atoms with E-state index in [9.17, 15) is 9.59 Å². The summed E-state index contributed by atoms with van der Waals surface area (Å²) in [5.41, 5.74) is 5.03. The van der Waals surface area contributed by atoms with Crippen molar-refractivity contribution >= 4 is 11.8 Å². The van der Waals surface area contributed by atoms with E-state index < -0.39 is 5.41 Å². The van der Waals surface area contributed by atoms with Gasteiger partial charge in [0.2, 0.25) is 11.8 Å². The van der Waals surface area contributed by atoms with Crippen LogP contribution >= 0.6 is 0 Å². The van der Waals surface area contributed by atoms with Crippen molar-refractivity contribution in [3.05, 3.63) is 0 Å². The van der Waals surface area contributed by atoms with Crippen LogP contribution in [-0.4, -0.2) is 32.0 Å². The third kappa shape index (κ3) is 4.78. The summed E-state index contributed by atoms with van der Waals surface area (Å²) in [7, 11) is 1.62. The van der Waals surface area contributed by atoms with Gasteiger partial charge < -0.3 is 16.4 Å². The molecule has 1 fully saturated rings. The normalized spacial score (nSPS) is 23.2.